The van der Waals surface area contributed by atoms with Gasteiger partial charge in [-0.25, -0.2) is 0 Å². The molecule has 0 saturated carbocycles. The number of aliphatic carboxylic acids is 1. The Morgan fingerprint density at radius 2 is 0.855 bits per heavy atom. The summed E-state index contributed by atoms with van der Waals surface area (Å²) in [5, 5.41) is 11.6. The van der Waals surface area contributed by atoms with Crippen molar-refractivity contribution in [2.45, 2.75) is 148 Å². The molecule has 0 aromatic heterocycles. The van der Waals surface area contributed by atoms with E-state index in [0.29, 0.717) is 12.8 Å². The highest BCUT2D eigenvalue weighted by Crippen LogP contribution is 2.10. The summed E-state index contributed by atoms with van der Waals surface area (Å²) in [6, 6.07) is -0.752. The number of hydrogen-bond acceptors (Lipinski definition) is 7. The van der Waals surface area contributed by atoms with Crippen LogP contribution in [0.2, 0.25) is 0 Å². The zero-order valence-corrected chi connectivity index (χ0v) is 39.2. The number of carboxylic acid groups (broad SMARTS) is 1. The predicted molar refractivity (Wildman–Crippen MR) is 258 cm³/mol. The number of carbonyl (C=O) groups excluding carboxylic acids is 3. The monoisotopic (exact) mass is 858 g/mol. The number of ether oxygens (including phenoxy) is 3. The zero-order chi connectivity index (χ0) is 45.6. The van der Waals surface area contributed by atoms with E-state index in [-0.39, 0.29) is 55.5 Å². The maximum Gasteiger partial charge on any atom is 0.306 e. The molecule has 0 saturated heterocycles. The second-order valence-electron chi connectivity index (χ2n) is 15.9. The normalized spacial score (nSPS) is 14.1. The molecular weight excluding hydrogens is 775 g/mol. The average Bonchev–Trinajstić information content (AvgIpc) is 3.23. The van der Waals surface area contributed by atoms with Crippen LogP contribution in [0.4, 0.5) is 0 Å². The van der Waals surface area contributed by atoms with Gasteiger partial charge in [0.15, 0.2) is 6.10 Å². The minimum atomic E-state index is -1.15. The minimum Gasteiger partial charge on any atom is -0.544 e. The first-order valence-electron chi connectivity index (χ1n) is 23.2. The molecule has 0 rings (SSSR count). The minimum absolute atomic E-state index is 0.00545. The Balaban J connectivity index is 4.53. The molecule has 0 aliphatic heterocycles. The van der Waals surface area contributed by atoms with Crippen LogP contribution in [0.15, 0.2) is 134 Å². The Labute approximate surface area is 377 Å². The van der Waals surface area contributed by atoms with Crippen LogP contribution in [0.1, 0.15) is 136 Å². The first-order valence-corrected chi connectivity index (χ1v) is 23.2. The highest BCUT2D eigenvalue weighted by Gasteiger charge is 2.25. The molecule has 8 heteroatoms. The summed E-state index contributed by atoms with van der Waals surface area (Å²) >= 11 is 0. The third-order valence-corrected chi connectivity index (χ3v) is 9.28. The lowest BCUT2D eigenvalue weighted by molar-refractivity contribution is -0.889. The van der Waals surface area contributed by atoms with Gasteiger partial charge in [0, 0.05) is 19.3 Å². The van der Waals surface area contributed by atoms with E-state index in [1.54, 1.807) is 21.1 Å². The van der Waals surface area contributed by atoms with Crippen molar-refractivity contribution in [3.8, 4) is 0 Å². The number of esters is 2. The fourth-order valence-corrected chi connectivity index (χ4v) is 5.75. The van der Waals surface area contributed by atoms with Crippen molar-refractivity contribution in [2.24, 2.45) is 0 Å². The molecule has 2 unspecified atom stereocenters. The van der Waals surface area contributed by atoms with E-state index in [2.05, 4.69) is 148 Å². The second-order valence-corrected chi connectivity index (χ2v) is 15.9. The van der Waals surface area contributed by atoms with Crippen molar-refractivity contribution >= 4 is 17.9 Å². The van der Waals surface area contributed by atoms with Crippen molar-refractivity contribution in [3.63, 3.8) is 0 Å². The summed E-state index contributed by atoms with van der Waals surface area (Å²) in [6.07, 6.45) is 62.0. The second kappa shape index (κ2) is 43.1. The van der Waals surface area contributed by atoms with Gasteiger partial charge in [-0.1, -0.05) is 148 Å². The number of carbonyl (C=O) groups is 3. The van der Waals surface area contributed by atoms with Crippen LogP contribution in [-0.2, 0) is 28.6 Å². The Morgan fingerprint density at radius 1 is 0.484 bits per heavy atom. The number of nitrogens with zero attached hydrogens (tertiary/aromatic N) is 1. The van der Waals surface area contributed by atoms with Gasteiger partial charge < -0.3 is 28.6 Å². The Morgan fingerprint density at radius 3 is 1.24 bits per heavy atom. The highest BCUT2D eigenvalue weighted by atomic mass is 16.6. The van der Waals surface area contributed by atoms with Gasteiger partial charge in [0.05, 0.1) is 40.3 Å². The van der Waals surface area contributed by atoms with E-state index >= 15 is 0 Å². The summed E-state index contributed by atoms with van der Waals surface area (Å²) < 4.78 is 17.1. The lowest BCUT2D eigenvalue weighted by atomic mass is 10.1. The molecule has 0 heterocycles. The molecule has 0 radical (unpaired) electrons. The Bertz CT molecular complexity index is 1470. The summed E-state index contributed by atoms with van der Waals surface area (Å²) in [5.74, 6) is -1.89. The molecule has 2 atom stereocenters. The molecule has 0 aliphatic rings. The molecule has 0 spiro atoms. The lowest BCUT2D eigenvalue weighted by Gasteiger charge is -2.34. The number of carboxylic acids is 1. The average molecular weight is 858 g/mol. The number of hydrogen-bond donors (Lipinski definition) is 0. The third kappa shape index (κ3) is 40.9. The first-order chi connectivity index (χ1) is 30.1. The van der Waals surface area contributed by atoms with Crippen LogP contribution in [0.25, 0.3) is 0 Å². The van der Waals surface area contributed by atoms with Crippen LogP contribution in [0, 0.1) is 0 Å². The molecular formula is C54H83NO7. The van der Waals surface area contributed by atoms with Gasteiger partial charge in [0.2, 0.25) is 0 Å². The molecule has 0 amide bonds. The summed E-state index contributed by atoms with van der Waals surface area (Å²) in [4.78, 5) is 36.9. The van der Waals surface area contributed by atoms with E-state index in [4.69, 9.17) is 14.2 Å². The van der Waals surface area contributed by atoms with Gasteiger partial charge in [-0.2, -0.15) is 0 Å². The van der Waals surface area contributed by atoms with E-state index in [1.807, 2.05) is 0 Å². The zero-order valence-electron chi connectivity index (χ0n) is 39.2. The first kappa shape index (κ1) is 57.5. The Hall–Kier alpha value is -4.53. The number of likely N-dealkylation sites (N-methyl/N-ethyl adjacent to an activating group) is 1. The van der Waals surface area contributed by atoms with Crippen LogP contribution < -0.4 is 5.11 Å². The molecule has 0 aromatic carbocycles. The number of unbranched alkanes of at least 4 members (excludes halogenated alkanes) is 3. The van der Waals surface area contributed by atoms with Gasteiger partial charge in [-0.15, -0.1) is 0 Å². The van der Waals surface area contributed by atoms with Crippen LogP contribution >= 0.6 is 0 Å². The third-order valence-electron chi connectivity index (χ3n) is 9.28. The molecule has 0 aliphatic carbocycles. The Kier molecular flexibility index (Phi) is 40.0. The topological polar surface area (TPSA) is 102 Å². The van der Waals surface area contributed by atoms with Crippen LogP contribution in [0.3, 0.4) is 0 Å². The van der Waals surface area contributed by atoms with Crippen LogP contribution in [-0.4, -0.2) is 75.5 Å². The number of allylic oxidation sites excluding steroid dienone is 22. The lowest BCUT2D eigenvalue weighted by Crippen LogP contribution is -2.55. The maximum atomic E-state index is 12.7. The summed E-state index contributed by atoms with van der Waals surface area (Å²) in [6.45, 7) is 4.29. The van der Waals surface area contributed by atoms with Crippen molar-refractivity contribution in [3.05, 3.63) is 134 Å². The van der Waals surface area contributed by atoms with Crippen molar-refractivity contribution in [2.75, 3.05) is 41.0 Å². The molecule has 346 valence electrons. The molecule has 0 fully saturated rings. The molecule has 0 bridgehead atoms. The largest absolute Gasteiger partial charge is 0.544 e. The molecule has 0 N–H and O–H groups in total. The number of quaternary nitrogens is 1. The van der Waals surface area contributed by atoms with E-state index in [0.717, 1.165) is 89.9 Å². The van der Waals surface area contributed by atoms with E-state index < -0.39 is 18.1 Å². The van der Waals surface area contributed by atoms with Gasteiger partial charge in [-0.3, -0.25) is 9.59 Å². The van der Waals surface area contributed by atoms with E-state index in [1.165, 1.54) is 0 Å². The fraction of sp³-hybridized carbons (Fsp3) is 0.537. The van der Waals surface area contributed by atoms with Gasteiger partial charge >= 0.3 is 11.9 Å². The van der Waals surface area contributed by atoms with Crippen molar-refractivity contribution in [1.82, 2.24) is 0 Å². The summed E-state index contributed by atoms with van der Waals surface area (Å²) in [7, 11) is 5.36. The van der Waals surface area contributed by atoms with Crippen molar-refractivity contribution < 1.29 is 38.2 Å². The standard InChI is InChI=1S/C54H83NO7/c1-6-8-10-12-14-16-18-20-22-24-25-26-27-29-31-33-35-37-39-41-43-45-53(57)62-50(48-60-47-46-51(54(58)59)55(3,4)5)49-61-52(56)44-42-40-38-36-34-32-30-28-23-21-19-17-15-13-11-9-7-2/h8-11,14-17,20-23,25-26,29-32,35-38,50-51H,6-7,12-13,18-19,24,27-28,33-34,39-49H2,1-5H3/b10-8+,11-9+,16-14+,17-15+,22-20+,23-21+,26-25+,31-29+,32-30+,37-35+,38-36+. The number of rotatable bonds is 39. The smallest absolute Gasteiger partial charge is 0.306 e. The van der Waals surface area contributed by atoms with Crippen LogP contribution in [0.5, 0.6) is 0 Å². The van der Waals surface area contributed by atoms with Gasteiger partial charge in [0.25, 0.3) is 0 Å². The SMILES string of the molecule is CC/C=C/C/C=C/C/C=C/C/C=C/C/C=C/C/C=C/CCCCC(=O)OC(COCCC(C(=O)[O-])[N+](C)(C)C)COC(=O)CCC/C=C/C/C=C/C/C=C/C/C=C/C/C=C/CC. The highest BCUT2D eigenvalue weighted by molar-refractivity contribution is 5.70. The molecule has 0 aromatic rings. The van der Waals surface area contributed by atoms with Gasteiger partial charge in [-0.05, 0) is 103 Å². The predicted octanol–water partition coefficient (Wildman–Crippen LogP) is 11.9. The van der Waals surface area contributed by atoms with E-state index in [9.17, 15) is 19.5 Å². The fourth-order valence-electron chi connectivity index (χ4n) is 5.75. The molecule has 62 heavy (non-hydrogen) atoms. The quantitative estimate of drug-likeness (QED) is 0.0262. The van der Waals surface area contributed by atoms with Gasteiger partial charge in [0.1, 0.15) is 12.6 Å². The van der Waals surface area contributed by atoms with Crippen molar-refractivity contribution in [1.29, 1.82) is 0 Å². The maximum absolute atomic E-state index is 12.7. The summed E-state index contributed by atoms with van der Waals surface area (Å²) in [5.41, 5.74) is 0. The molecule has 8 nitrogen and oxygen atoms in total.